The second kappa shape index (κ2) is 6.35. The number of nitriles is 1. The van der Waals surface area contributed by atoms with E-state index >= 15 is 0 Å². The van der Waals surface area contributed by atoms with E-state index in [0.29, 0.717) is 25.2 Å². The summed E-state index contributed by atoms with van der Waals surface area (Å²) in [6, 6.07) is 7.62. The average Bonchev–Trinajstić information content (AvgIpc) is 2.82. The fourth-order valence-electron chi connectivity index (χ4n) is 2.63. The van der Waals surface area contributed by atoms with Crippen LogP contribution in [0.25, 0.3) is 0 Å². The second-order valence-corrected chi connectivity index (χ2v) is 5.55. The van der Waals surface area contributed by atoms with E-state index in [0.717, 1.165) is 17.7 Å². The first-order valence-corrected chi connectivity index (χ1v) is 6.91. The van der Waals surface area contributed by atoms with Gasteiger partial charge in [-0.05, 0) is 43.5 Å². The Bertz CT molecular complexity index is 534. The molecule has 0 aliphatic carbocycles. The molecule has 1 aromatic rings. The summed E-state index contributed by atoms with van der Waals surface area (Å²) in [7, 11) is 0. The lowest BCUT2D eigenvalue weighted by Gasteiger charge is -2.18. The number of likely N-dealkylation sites (tertiary alicyclic amines) is 1. The van der Waals surface area contributed by atoms with Gasteiger partial charge in [0, 0.05) is 13.1 Å². The third-order valence-corrected chi connectivity index (χ3v) is 3.65. The molecule has 3 nitrogen and oxygen atoms in total. The van der Waals surface area contributed by atoms with Crippen LogP contribution in [0.3, 0.4) is 0 Å². The van der Waals surface area contributed by atoms with Crippen LogP contribution in [0, 0.1) is 24.2 Å². The lowest BCUT2D eigenvalue weighted by atomic mass is 10.1. The Balaban J connectivity index is 1.88. The van der Waals surface area contributed by atoms with Crippen LogP contribution in [0.5, 0.6) is 0 Å². The molecule has 1 aliphatic rings. The number of aryl methyl sites for hydroxylation is 1. The van der Waals surface area contributed by atoms with Gasteiger partial charge < -0.3 is 5.32 Å². The number of halogens is 3. The number of alkyl halides is 3. The van der Waals surface area contributed by atoms with Crippen molar-refractivity contribution < 1.29 is 13.2 Å². The van der Waals surface area contributed by atoms with Crippen molar-refractivity contribution in [1.82, 2.24) is 4.90 Å². The van der Waals surface area contributed by atoms with Gasteiger partial charge in [-0.15, -0.1) is 0 Å². The van der Waals surface area contributed by atoms with Crippen molar-refractivity contribution >= 4 is 5.69 Å². The fourth-order valence-corrected chi connectivity index (χ4v) is 2.63. The highest BCUT2D eigenvalue weighted by Gasteiger charge is 2.34. The summed E-state index contributed by atoms with van der Waals surface area (Å²) in [5.41, 5.74) is 2.36. The standard InChI is InChI=1S/C15H18F3N3/c1-11-2-3-13(7-19)14(6-11)20-8-12-4-5-21(9-12)10-15(16,17)18/h2-3,6,12,20H,4-5,8-10H2,1H3. The first-order valence-electron chi connectivity index (χ1n) is 6.91. The number of rotatable bonds is 4. The van der Waals surface area contributed by atoms with Crippen molar-refractivity contribution in [2.75, 3.05) is 31.5 Å². The summed E-state index contributed by atoms with van der Waals surface area (Å²) in [5.74, 6) is 0.180. The quantitative estimate of drug-likeness (QED) is 0.928. The topological polar surface area (TPSA) is 39.1 Å². The molecule has 0 radical (unpaired) electrons. The van der Waals surface area contributed by atoms with Crippen molar-refractivity contribution in [1.29, 1.82) is 5.26 Å². The minimum Gasteiger partial charge on any atom is -0.384 e. The Labute approximate surface area is 122 Å². The number of hydrogen-bond donors (Lipinski definition) is 1. The average molecular weight is 297 g/mol. The molecule has 21 heavy (non-hydrogen) atoms. The molecule has 6 heteroatoms. The second-order valence-electron chi connectivity index (χ2n) is 5.55. The highest BCUT2D eigenvalue weighted by atomic mass is 19.4. The largest absolute Gasteiger partial charge is 0.401 e. The van der Waals surface area contributed by atoms with Crippen LogP contribution in [-0.4, -0.2) is 37.3 Å². The van der Waals surface area contributed by atoms with Crippen LogP contribution >= 0.6 is 0 Å². The van der Waals surface area contributed by atoms with Gasteiger partial charge in [0.05, 0.1) is 17.8 Å². The van der Waals surface area contributed by atoms with E-state index < -0.39 is 12.7 Å². The normalized spacial score (nSPS) is 19.5. The Hall–Kier alpha value is -1.74. The molecule has 114 valence electrons. The number of anilines is 1. The molecule has 1 heterocycles. The molecule has 1 N–H and O–H groups in total. The summed E-state index contributed by atoms with van der Waals surface area (Å²) in [6.07, 6.45) is -3.39. The van der Waals surface area contributed by atoms with Crippen molar-refractivity contribution in [3.05, 3.63) is 29.3 Å². The molecular weight excluding hydrogens is 279 g/mol. The molecular formula is C15H18F3N3. The third kappa shape index (κ3) is 4.64. The van der Waals surface area contributed by atoms with Gasteiger partial charge in [-0.25, -0.2) is 0 Å². The van der Waals surface area contributed by atoms with Gasteiger partial charge in [-0.1, -0.05) is 6.07 Å². The van der Waals surface area contributed by atoms with Crippen LogP contribution in [0.4, 0.5) is 18.9 Å². The van der Waals surface area contributed by atoms with Crippen LogP contribution < -0.4 is 5.32 Å². The molecule has 1 aromatic carbocycles. The smallest absolute Gasteiger partial charge is 0.384 e. The van der Waals surface area contributed by atoms with Crippen molar-refractivity contribution in [3.8, 4) is 6.07 Å². The van der Waals surface area contributed by atoms with Crippen molar-refractivity contribution in [2.45, 2.75) is 19.5 Å². The van der Waals surface area contributed by atoms with Gasteiger partial charge in [0.15, 0.2) is 0 Å². The Morgan fingerprint density at radius 1 is 1.43 bits per heavy atom. The summed E-state index contributed by atoms with van der Waals surface area (Å²) in [5, 5.41) is 12.2. The molecule has 1 unspecified atom stereocenters. The SMILES string of the molecule is Cc1ccc(C#N)c(NCC2CCN(CC(F)(F)F)C2)c1. The van der Waals surface area contributed by atoms with E-state index in [4.69, 9.17) is 5.26 Å². The monoisotopic (exact) mass is 297 g/mol. The lowest BCUT2D eigenvalue weighted by Crippen LogP contribution is -2.33. The van der Waals surface area contributed by atoms with E-state index in [-0.39, 0.29) is 5.92 Å². The first-order chi connectivity index (χ1) is 9.87. The summed E-state index contributed by atoms with van der Waals surface area (Å²) >= 11 is 0. The fraction of sp³-hybridized carbons (Fsp3) is 0.533. The van der Waals surface area contributed by atoms with Gasteiger partial charge in [0.1, 0.15) is 6.07 Å². The van der Waals surface area contributed by atoms with E-state index in [9.17, 15) is 13.2 Å². The predicted molar refractivity (Wildman–Crippen MR) is 75.0 cm³/mol. The molecule has 1 aliphatic heterocycles. The zero-order valence-corrected chi connectivity index (χ0v) is 11.9. The van der Waals surface area contributed by atoms with E-state index in [1.165, 1.54) is 4.90 Å². The number of nitrogens with one attached hydrogen (secondary N) is 1. The third-order valence-electron chi connectivity index (χ3n) is 3.65. The van der Waals surface area contributed by atoms with Gasteiger partial charge in [-0.2, -0.15) is 18.4 Å². The lowest BCUT2D eigenvalue weighted by molar-refractivity contribution is -0.143. The molecule has 0 bridgehead atoms. The summed E-state index contributed by atoms with van der Waals surface area (Å²) < 4.78 is 37.0. The molecule has 0 saturated carbocycles. The van der Waals surface area contributed by atoms with E-state index in [1.807, 2.05) is 19.1 Å². The molecule has 0 aromatic heterocycles. The molecule has 0 spiro atoms. The van der Waals surface area contributed by atoms with Gasteiger partial charge in [0.2, 0.25) is 0 Å². The maximum absolute atomic E-state index is 12.3. The number of benzene rings is 1. The molecule has 1 atom stereocenters. The van der Waals surface area contributed by atoms with Gasteiger partial charge in [-0.3, -0.25) is 4.90 Å². The van der Waals surface area contributed by atoms with Crippen molar-refractivity contribution in [3.63, 3.8) is 0 Å². The van der Waals surface area contributed by atoms with Crippen LogP contribution in [-0.2, 0) is 0 Å². The Kier molecular flexibility index (Phi) is 4.73. The maximum Gasteiger partial charge on any atom is 0.401 e. The summed E-state index contributed by atoms with van der Waals surface area (Å²) in [4.78, 5) is 1.44. The van der Waals surface area contributed by atoms with Gasteiger partial charge in [0.25, 0.3) is 0 Å². The molecule has 0 amide bonds. The highest BCUT2D eigenvalue weighted by Crippen LogP contribution is 2.24. The predicted octanol–water partition coefficient (Wildman–Crippen LogP) is 3.16. The Morgan fingerprint density at radius 2 is 2.19 bits per heavy atom. The Morgan fingerprint density at radius 3 is 2.86 bits per heavy atom. The zero-order valence-electron chi connectivity index (χ0n) is 11.9. The van der Waals surface area contributed by atoms with Crippen LogP contribution in [0.2, 0.25) is 0 Å². The van der Waals surface area contributed by atoms with E-state index in [1.54, 1.807) is 6.07 Å². The maximum atomic E-state index is 12.3. The van der Waals surface area contributed by atoms with Gasteiger partial charge >= 0.3 is 6.18 Å². The van der Waals surface area contributed by atoms with Crippen LogP contribution in [0.15, 0.2) is 18.2 Å². The van der Waals surface area contributed by atoms with E-state index in [2.05, 4.69) is 11.4 Å². The minimum atomic E-state index is -4.13. The molecule has 1 fully saturated rings. The minimum absolute atomic E-state index is 0.180. The first kappa shape index (κ1) is 15.6. The van der Waals surface area contributed by atoms with Crippen LogP contribution in [0.1, 0.15) is 17.5 Å². The number of nitrogens with zero attached hydrogens (tertiary/aromatic N) is 2. The molecule has 2 rings (SSSR count). The number of hydrogen-bond acceptors (Lipinski definition) is 3. The van der Waals surface area contributed by atoms with Crippen molar-refractivity contribution in [2.24, 2.45) is 5.92 Å². The molecule has 1 saturated heterocycles. The highest BCUT2D eigenvalue weighted by molar-refractivity contribution is 5.58. The summed E-state index contributed by atoms with van der Waals surface area (Å²) in [6.45, 7) is 2.61. The zero-order chi connectivity index (χ0) is 15.5.